The first kappa shape index (κ1) is 16.9. The van der Waals surface area contributed by atoms with Gasteiger partial charge in [0.2, 0.25) is 0 Å². The summed E-state index contributed by atoms with van der Waals surface area (Å²) in [5.74, 6) is 1.14. The van der Waals surface area contributed by atoms with Crippen LogP contribution in [0.4, 0.5) is 0 Å². The molecule has 1 aliphatic heterocycles. The van der Waals surface area contributed by atoms with Crippen molar-refractivity contribution < 1.29 is 14.3 Å². The number of hydrogen-bond acceptors (Lipinski definition) is 3. The minimum Gasteiger partial charge on any atom is -0.490 e. The van der Waals surface area contributed by atoms with Crippen molar-refractivity contribution in [3.8, 4) is 11.5 Å². The van der Waals surface area contributed by atoms with E-state index in [0.717, 1.165) is 12.0 Å². The summed E-state index contributed by atoms with van der Waals surface area (Å²) in [6.45, 7) is 1.71. The Balaban J connectivity index is 1.60. The van der Waals surface area contributed by atoms with Gasteiger partial charge in [0, 0.05) is 28.6 Å². The van der Waals surface area contributed by atoms with Crippen molar-refractivity contribution in [2.24, 2.45) is 0 Å². The van der Waals surface area contributed by atoms with E-state index in [9.17, 15) is 4.79 Å². The van der Waals surface area contributed by atoms with Crippen LogP contribution < -0.4 is 14.8 Å². The largest absolute Gasteiger partial charge is 0.490 e. The van der Waals surface area contributed by atoms with Crippen LogP contribution in [0, 0.1) is 0 Å². The molecule has 0 radical (unpaired) electrons. The second-order valence-electron chi connectivity index (χ2n) is 5.50. The smallest absolute Gasteiger partial charge is 0.251 e. The van der Waals surface area contributed by atoms with Crippen molar-refractivity contribution in [3.05, 3.63) is 57.6 Å². The molecule has 126 valence electrons. The van der Waals surface area contributed by atoms with Gasteiger partial charge in [0.25, 0.3) is 5.91 Å². The van der Waals surface area contributed by atoms with Crippen LogP contribution in [0.25, 0.3) is 0 Å². The zero-order chi connectivity index (χ0) is 16.9. The first-order chi connectivity index (χ1) is 11.6. The molecule has 0 aromatic heterocycles. The molecular weight excluding hydrogens is 349 g/mol. The zero-order valence-electron chi connectivity index (χ0n) is 13.0. The van der Waals surface area contributed by atoms with Crippen LogP contribution in [0.1, 0.15) is 22.3 Å². The number of benzene rings is 2. The Morgan fingerprint density at radius 2 is 1.71 bits per heavy atom. The lowest BCUT2D eigenvalue weighted by molar-refractivity contribution is 0.0953. The van der Waals surface area contributed by atoms with Gasteiger partial charge in [-0.15, -0.1) is 0 Å². The fourth-order valence-corrected chi connectivity index (χ4v) is 3.05. The molecule has 0 atom stereocenters. The molecule has 0 fully saturated rings. The normalized spacial score (nSPS) is 13.2. The van der Waals surface area contributed by atoms with Gasteiger partial charge in [-0.25, -0.2) is 0 Å². The third kappa shape index (κ3) is 4.34. The summed E-state index contributed by atoms with van der Waals surface area (Å²) in [4.78, 5) is 12.3. The third-order valence-corrected chi connectivity index (χ3v) is 4.07. The molecule has 1 heterocycles. The van der Waals surface area contributed by atoms with Gasteiger partial charge in [0.15, 0.2) is 11.5 Å². The van der Waals surface area contributed by atoms with Crippen LogP contribution in [0.3, 0.4) is 0 Å². The molecule has 0 spiro atoms. The minimum absolute atomic E-state index is 0.154. The topological polar surface area (TPSA) is 47.6 Å². The predicted octanol–water partition coefficient (Wildman–Crippen LogP) is 4.13. The number of amides is 1. The molecule has 2 aromatic rings. The maximum absolute atomic E-state index is 12.3. The van der Waals surface area contributed by atoms with E-state index in [-0.39, 0.29) is 5.91 Å². The summed E-state index contributed by atoms with van der Waals surface area (Å²) in [5, 5.41) is 4.07. The fraction of sp³-hybridized carbons (Fsp3) is 0.278. The first-order valence-corrected chi connectivity index (χ1v) is 8.50. The monoisotopic (exact) mass is 365 g/mol. The summed E-state index contributed by atoms with van der Waals surface area (Å²) < 4.78 is 11.2. The Morgan fingerprint density at radius 3 is 2.46 bits per heavy atom. The molecule has 6 heteroatoms. The highest BCUT2D eigenvalue weighted by atomic mass is 35.5. The lowest BCUT2D eigenvalue weighted by Gasteiger charge is -2.10. The molecule has 0 bridgehead atoms. The van der Waals surface area contributed by atoms with E-state index in [0.29, 0.717) is 53.3 Å². The summed E-state index contributed by atoms with van der Waals surface area (Å²) in [6, 6.07) is 10.6. The predicted molar refractivity (Wildman–Crippen MR) is 94.5 cm³/mol. The van der Waals surface area contributed by atoms with Crippen LogP contribution in [0.2, 0.25) is 10.0 Å². The Bertz CT molecular complexity index is 729. The van der Waals surface area contributed by atoms with Gasteiger partial charge in [-0.2, -0.15) is 0 Å². The molecule has 0 saturated carbocycles. The molecule has 1 N–H and O–H groups in total. The maximum atomic E-state index is 12.3. The van der Waals surface area contributed by atoms with Gasteiger partial charge in [0.1, 0.15) is 0 Å². The van der Waals surface area contributed by atoms with Crippen molar-refractivity contribution in [2.75, 3.05) is 19.8 Å². The summed E-state index contributed by atoms with van der Waals surface area (Å²) in [5.41, 5.74) is 1.52. The first-order valence-electron chi connectivity index (χ1n) is 7.74. The molecule has 1 amide bonds. The highest BCUT2D eigenvalue weighted by molar-refractivity contribution is 6.34. The van der Waals surface area contributed by atoms with E-state index in [4.69, 9.17) is 32.7 Å². The SMILES string of the molecule is O=C(NCCc1cc(Cl)cc(Cl)c1)c1ccc2c(c1)OCCCO2. The van der Waals surface area contributed by atoms with E-state index < -0.39 is 0 Å². The number of rotatable bonds is 4. The zero-order valence-corrected chi connectivity index (χ0v) is 14.5. The molecule has 3 rings (SSSR count). The van der Waals surface area contributed by atoms with Gasteiger partial charge in [-0.3, -0.25) is 4.79 Å². The van der Waals surface area contributed by atoms with Crippen molar-refractivity contribution in [1.29, 1.82) is 0 Å². The second kappa shape index (κ2) is 7.77. The van der Waals surface area contributed by atoms with Crippen molar-refractivity contribution in [1.82, 2.24) is 5.32 Å². The van der Waals surface area contributed by atoms with Crippen molar-refractivity contribution in [3.63, 3.8) is 0 Å². The maximum Gasteiger partial charge on any atom is 0.251 e. The van der Waals surface area contributed by atoms with Gasteiger partial charge < -0.3 is 14.8 Å². The standard InChI is InChI=1S/C18H17Cl2NO3/c19-14-8-12(9-15(20)11-14)4-5-21-18(22)13-2-3-16-17(10-13)24-7-1-6-23-16/h2-3,8-11H,1,4-7H2,(H,21,22). The number of hydrogen-bond donors (Lipinski definition) is 1. The minimum atomic E-state index is -0.154. The molecule has 0 saturated heterocycles. The van der Waals surface area contributed by atoms with Crippen molar-refractivity contribution >= 4 is 29.1 Å². The van der Waals surface area contributed by atoms with E-state index in [1.165, 1.54) is 0 Å². The summed E-state index contributed by atoms with van der Waals surface area (Å²) in [6.07, 6.45) is 1.48. The van der Waals surface area contributed by atoms with Crippen LogP contribution in [-0.2, 0) is 6.42 Å². The van der Waals surface area contributed by atoms with E-state index in [2.05, 4.69) is 5.32 Å². The molecule has 24 heavy (non-hydrogen) atoms. The molecule has 2 aromatic carbocycles. The average Bonchev–Trinajstić information content (AvgIpc) is 2.78. The number of fused-ring (bicyclic) bond motifs is 1. The quantitative estimate of drug-likeness (QED) is 0.885. The summed E-state index contributed by atoms with van der Waals surface area (Å²) >= 11 is 11.9. The Labute approximate surface area is 150 Å². The van der Waals surface area contributed by atoms with Crippen molar-refractivity contribution in [2.45, 2.75) is 12.8 Å². The third-order valence-electron chi connectivity index (χ3n) is 3.63. The van der Waals surface area contributed by atoms with E-state index in [1.54, 1.807) is 24.3 Å². The van der Waals surface area contributed by atoms with Gasteiger partial charge in [-0.05, 0) is 48.4 Å². The van der Waals surface area contributed by atoms with Crippen LogP contribution in [0.5, 0.6) is 11.5 Å². The lowest BCUT2D eigenvalue weighted by atomic mass is 10.1. The van der Waals surface area contributed by atoms with Gasteiger partial charge in [-0.1, -0.05) is 23.2 Å². The van der Waals surface area contributed by atoms with Gasteiger partial charge in [0.05, 0.1) is 13.2 Å². The van der Waals surface area contributed by atoms with Crippen LogP contribution >= 0.6 is 23.2 Å². The van der Waals surface area contributed by atoms with Gasteiger partial charge >= 0.3 is 0 Å². The number of ether oxygens (including phenoxy) is 2. The molecule has 1 aliphatic rings. The fourth-order valence-electron chi connectivity index (χ4n) is 2.48. The Kier molecular flexibility index (Phi) is 5.48. The van der Waals surface area contributed by atoms with E-state index in [1.807, 2.05) is 12.1 Å². The number of carbonyl (C=O) groups excluding carboxylic acids is 1. The highest BCUT2D eigenvalue weighted by Crippen LogP contribution is 2.30. The Morgan fingerprint density at radius 1 is 1.00 bits per heavy atom. The molecule has 0 unspecified atom stereocenters. The second-order valence-corrected chi connectivity index (χ2v) is 6.37. The Hall–Kier alpha value is -1.91. The number of halogens is 2. The van der Waals surface area contributed by atoms with E-state index >= 15 is 0 Å². The average molecular weight is 366 g/mol. The highest BCUT2D eigenvalue weighted by Gasteiger charge is 2.14. The number of carbonyl (C=O) groups is 1. The number of nitrogens with one attached hydrogen (secondary N) is 1. The molecule has 0 aliphatic carbocycles. The molecule has 4 nitrogen and oxygen atoms in total. The van der Waals surface area contributed by atoms with Crippen LogP contribution in [0.15, 0.2) is 36.4 Å². The lowest BCUT2D eigenvalue weighted by Crippen LogP contribution is -2.25. The van der Waals surface area contributed by atoms with Crippen LogP contribution in [-0.4, -0.2) is 25.7 Å². The molecular formula is C18H17Cl2NO3. The summed E-state index contributed by atoms with van der Waals surface area (Å²) in [7, 11) is 0.